The Morgan fingerprint density at radius 1 is 1.21 bits per heavy atom. The molecule has 7 heteroatoms. The number of benzene rings is 1. The molecule has 2 heterocycles. The number of hydrogen-bond acceptors (Lipinski definition) is 5. The van der Waals surface area contributed by atoms with Crippen LogP contribution in [0.5, 0.6) is 5.75 Å². The van der Waals surface area contributed by atoms with Crippen molar-refractivity contribution in [3.8, 4) is 5.75 Å². The van der Waals surface area contributed by atoms with Crippen molar-refractivity contribution >= 4 is 17.5 Å². The number of rotatable bonds is 5. The highest BCUT2D eigenvalue weighted by atomic mass is 16.5. The standard InChI is InChI=1S/C26H36N4O3/c1-19(2)30-17-22-15-21(8-10-25(31)29-23-11-13-27-16-20(23)3)7-9-24(22)33-14-6-4-5-12-28-26(32)18-30/h7,9,11,13,15-16,19H,4-6,8,10,12,14,17-18H2,1-3H3,(H,28,32)(H,27,29,31). The molecule has 0 bridgehead atoms. The van der Waals surface area contributed by atoms with E-state index in [9.17, 15) is 9.59 Å². The number of anilines is 1. The normalized spacial score (nSPS) is 15.9. The van der Waals surface area contributed by atoms with Gasteiger partial charge in [0.05, 0.1) is 13.2 Å². The molecule has 1 aromatic carbocycles. The summed E-state index contributed by atoms with van der Waals surface area (Å²) in [5.41, 5.74) is 3.87. The van der Waals surface area contributed by atoms with Gasteiger partial charge in [-0.1, -0.05) is 12.1 Å². The second-order valence-electron chi connectivity index (χ2n) is 8.94. The first-order chi connectivity index (χ1) is 15.9. The number of nitrogens with zero attached hydrogens (tertiary/aromatic N) is 2. The lowest BCUT2D eigenvalue weighted by molar-refractivity contribution is -0.122. The Morgan fingerprint density at radius 3 is 2.85 bits per heavy atom. The van der Waals surface area contributed by atoms with E-state index in [0.29, 0.717) is 39.1 Å². The Bertz CT molecular complexity index is 945. The summed E-state index contributed by atoms with van der Waals surface area (Å²) in [6.45, 7) is 8.47. The van der Waals surface area contributed by atoms with Crippen LogP contribution >= 0.6 is 0 Å². The molecule has 0 unspecified atom stereocenters. The second kappa shape index (κ2) is 12.3. The number of carbonyl (C=O) groups excluding carboxylic acids is 2. The van der Waals surface area contributed by atoms with E-state index < -0.39 is 0 Å². The average molecular weight is 453 g/mol. The van der Waals surface area contributed by atoms with Gasteiger partial charge in [-0.05, 0) is 69.7 Å². The fourth-order valence-corrected chi connectivity index (χ4v) is 3.83. The summed E-state index contributed by atoms with van der Waals surface area (Å²) in [5.74, 6) is 0.899. The zero-order chi connectivity index (χ0) is 23.6. The van der Waals surface area contributed by atoms with E-state index in [2.05, 4.69) is 40.4 Å². The van der Waals surface area contributed by atoms with E-state index in [0.717, 1.165) is 47.4 Å². The maximum atomic E-state index is 12.5. The van der Waals surface area contributed by atoms with Crippen LogP contribution in [0.4, 0.5) is 5.69 Å². The van der Waals surface area contributed by atoms with Crippen LogP contribution in [-0.2, 0) is 22.6 Å². The number of ether oxygens (including phenoxy) is 1. The Morgan fingerprint density at radius 2 is 2.06 bits per heavy atom. The first-order valence-electron chi connectivity index (χ1n) is 11.9. The minimum Gasteiger partial charge on any atom is -0.493 e. The number of aromatic nitrogens is 1. The number of amides is 2. The van der Waals surface area contributed by atoms with Crippen molar-refractivity contribution in [1.29, 1.82) is 0 Å². The van der Waals surface area contributed by atoms with Crippen LogP contribution in [-0.4, -0.2) is 47.4 Å². The molecule has 0 spiro atoms. The Kier molecular flexibility index (Phi) is 9.24. The number of hydrogen-bond donors (Lipinski definition) is 2. The van der Waals surface area contributed by atoms with Crippen molar-refractivity contribution in [2.24, 2.45) is 0 Å². The topological polar surface area (TPSA) is 83.6 Å². The van der Waals surface area contributed by atoms with Crippen molar-refractivity contribution in [2.45, 2.75) is 65.5 Å². The summed E-state index contributed by atoms with van der Waals surface area (Å²) in [6, 6.07) is 8.19. The molecule has 2 amide bonds. The van der Waals surface area contributed by atoms with Crippen LogP contribution < -0.4 is 15.4 Å². The van der Waals surface area contributed by atoms with Gasteiger partial charge in [0, 0.05) is 49.2 Å². The van der Waals surface area contributed by atoms with E-state index in [1.165, 1.54) is 0 Å². The molecule has 0 saturated carbocycles. The monoisotopic (exact) mass is 452 g/mol. The van der Waals surface area contributed by atoms with Crippen LogP contribution in [0.25, 0.3) is 0 Å². The van der Waals surface area contributed by atoms with E-state index >= 15 is 0 Å². The number of carbonyl (C=O) groups is 2. The number of pyridine rings is 1. The maximum absolute atomic E-state index is 12.5. The van der Waals surface area contributed by atoms with Gasteiger partial charge in [0.1, 0.15) is 5.75 Å². The smallest absolute Gasteiger partial charge is 0.234 e. The molecule has 0 aliphatic carbocycles. The van der Waals surface area contributed by atoms with Gasteiger partial charge in [0.15, 0.2) is 0 Å². The fourth-order valence-electron chi connectivity index (χ4n) is 3.83. The number of aryl methyl sites for hydroxylation is 2. The Labute approximate surface area is 196 Å². The van der Waals surface area contributed by atoms with Crippen molar-refractivity contribution in [1.82, 2.24) is 15.2 Å². The first-order valence-corrected chi connectivity index (χ1v) is 11.9. The number of nitrogens with one attached hydrogen (secondary N) is 2. The fraction of sp³-hybridized carbons (Fsp3) is 0.500. The number of fused-ring (bicyclic) bond motifs is 1. The van der Waals surface area contributed by atoms with Crippen molar-refractivity contribution in [3.63, 3.8) is 0 Å². The molecule has 33 heavy (non-hydrogen) atoms. The van der Waals surface area contributed by atoms with Crippen LogP contribution in [0.15, 0.2) is 36.7 Å². The van der Waals surface area contributed by atoms with Gasteiger partial charge in [-0.25, -0.2) is 0 Å². The predicted octanol–water partition coefficient (Wildman–Crippen LogP) is 3.85. The molecule has 2 aromatic rings. The minimum atomic E-state index is -0.0231. The molecule has 178 valence electrons. The third kappa shape index (κ3) is 7.86. The Hall–Kier alpha value is -2.93. The van der Waals surface area contributed by atoms with Crippen LogP contribution in [0.2, 0.25) is 0 Å². The second-order valence-corrected chi connectivity index (χ2v) is 8.94. The predicted molar refractivity (Wildman–Crippen MR) is 130 cm³/mol. The van der Waals surface area contributed by atoms with E-state index in [1.807, 2.05) is 25.1 Å². The molecule has 1 aliphatic heterocycles. The molecule has 7 nitrogen and oxygen atoms in total. The molecule has 0 radical (unpaired) electrons. The SMILES string of the molecule is Cc1cnccc1NC(=O)CCc1ccc2c(c1)CN(C(C)C)CC(=O)NCCCCCO2. The highest BCUT2D eigenvalue weighted by Crippen LogP contribution is 2.24. The van der Waals surface area contributed by atoms with Crippen LogP contribution in [0.1, 0.15) is 56.2 Å². The molecule has 1 aromatic heterocycles. The van der Waals surface area contributed by atoms with Crippen molar-refractivity contribution in [2.75, 3.05) is 25.0 Å². The minimum absolute atomic E-state index is 0.0231. The largest absolute Gasteiger partial charge is 0.493 e. The van der Waals surface area contributed by atoms with Crippen LogP contribution in [0.3, 0.4) is 0 Å². The molecule has 2 N–H and O–H groups in total. The summed E-state index contributed by atoms with van der Waals surface area (Å²) < 4.78 is 6.11. The quantitative estimate of drug-likeness (QED) is 0.720. The molecular formula is C26H36N4O3. The van der Waals surface area contributed by atoms with Crippen LogP contribution in [0, 0.1) is 6.92 Å². The van der Waals surface area contributed by atoms with Crippen molar-refractivity contribution in [3.05, 3.63) is 53.3 Å². The lowest BCUT2D eigenvalue weighted by Gasteiger charge is -2.27. The van der Waals surface area contributed by atoms with Crippen molar-refractivity contribution < 1.29 is 14.3 Å². The van der Waals surface area contributed by atoms with Gasteiger partial charge in [-0.2, -0.15) is 0 Å². The molecule has 0 fully saturated rings. The van der Waals surface area contributed by atoms with Gasteiger partial charge < -0.3 is 15.4 Å². The summed E-state index contributed by atoms with van der Waals surface area (Å²) in [5, 5.41) is 5.99. The third-order valence-electron chi connectivity index (χ3n) is 5.91. The third-order valence-corrected chi connectivity index (χ3v) is 5.91. The van der Waals surface area contributed by atoms with Gasteiger partial charge in [-0.3, -0.25) is 19.5 Å². The highest BCUT2D eigenvalue weighted by Gasteiger charge is 2.18. The lowest BCUT2D eigenvalue weighted by Crippen LogP contribution is -2.40. The molecule has 0 atom stereocenters. The summed E-state index contributed by atoms with van der Waals surface area (Å²) >= 11 is 0. The maximum Gasteiger partial charge on any atom is 0.234 e. The van der Waals surface area contributed by atoms with E-state index in [4.69, 9.17) is 4.74 Å². The summed E-state index contributed by atoms with van der Waals surface area (Å²) in [4.78, 5) is 31.1. The molecule has 3 rings (SSSR count). The summed E-state index contributed by atoms with van der Waals surface area (Å²) in [7, 11) is 0. The molecular weight excluding hydrogens is 416 g/mol. The molecule has 0 saturated heterocycles. The van der Waals surface area contributed by atoms with E-state index in [-0.39, 0.29) is 17.9 Å². The zero-order valence-electron chi connectivity index (χ0n) is 20.0. The van der Waals surface area contributed by atoms with Gasteiger partial charge in [-0.15, -0.1) is 0 Å². The van der Waals surface area contributed by atoms with E-state index in [1.54, 1.807) is 12.4 Å². The zero-order valence-corrected chi connectivity index (χ0v) is 20.0. The van der Waals surface area contributed by atoms with Gasteiger partial charge in [0.2, 0.25) is 11.8 Å². The highest BCUT2D eigenvalue weighted by molar-refractivity contribution is 5.91. The average Bonchev–Trinajstić information content (AvgIpc) is 2.80. The summed E-state index contributed by atoms with van der Waals surface area (Å²) in [6.07, 6.45) is 7.37. The van der Waals surface area contributed by atoms with Gasteiger partial charge >= 0.3 is 0 Å². The first kappa shape index (κ1) is 24.7. The molecule has 1 aliphatic rings. The van der Waals surface area contributed by atoms with Gasteiger partial charge in [0.25, 0.3) is 0 Å². The Balaban J connectivity index is 1.71. The lowest BCUT2D eigenvalue weighted by atomic mass is 10.0.